The molecule has 1 aliphatic heterocycles. The van der Waals surface area contributed by atoms with Gasteiger partial charge in [0.1, 0.15) is 0 Å². The summed E-state index contributed by atoms with van der Waals surface area (Å²) in [5, 5.41) is 7.76. The van der Waals surface area contributed by atoms with Gasteiger partial charge in [0, 0.05) is 61.4 Å². The van der Waals surface area contributed by atoms with Crippen molar-refractivity contribution in [3.05, 3.63) is 22.7 Å². The van der Waals surface area contributed by atoms with Crippen LogP contribution in [0.3, 0.4) is 0 Å². The van der Waals surface area contributed by atoms with Crippen molar-refractivity contribution < 1.29 is 0 Å². The molecule has 3 heterocycles. The van der Waals surface area contributed by atoms with Crippen LogP contribution >= 0.6 is 22.7 Å². The molecule has 2 aromatic rings. The number of hydrogen-bond acceptors (Lipinski definition) is 7. The number of anilines is 2. The van der Waals surface area contributed by atoms with Crippen LogP contribution in [-0.4, -0.2) is 42.2 Å². The fraction of sp³-hybridized carbons (Fsp3) is 0.571. The molecule has 0 aliphatic carbocycles. The highest BCUT2D eigenvalue weighted by atomic mass is 32.1. The predicted octanol–water partition coefficient (Wildman–Crippen LogP) is 2.42. The van der Waals surface area contributed by atoms with Crippen LogP contribution < -0.4 is 15.1 Å². The zero-order chi connectivity index (χ0) is 14.7. The lowest BCUT2D eigenvalue weighted by Gasteiger charge is -2.34. The molecule has 3 rings (SSSR count). The molecule has 0 radical (unpaired) electrons. The molecule has 0 spiro atoms. The molecule has 7 heteroatoms. The Kier molecular flexibility index (Phi) is 4.72. The molecule has 1 fully saturated rings. The molecule has 0 saturated carbocycles. The monoisotopic (exact) mass is 323 g/mol. The maximum absolute atomic E-state index is 4.58. The second-order valence-electron chi connectivity index (χ2n) is 5.43. The van der Waals surface area contributed by atoms with Gasteiger partial charge in [0.25, 0.3) is 0 Å². The first-order chi connectivity index (χ1) is 10.2. The summed E-state index contributed by atoms with van der Waals surface area (Å²) in [6.45, 7) is 9.32. The lowest BCUT2D eigenvalue weighted by Crippen LogP contribution is -2.46. The van der Waals surface area contributed by atoms with E-state index >= 15 is 0 Å². The molecule has 21 heavy (non-hydrogen) atoms. The van der Waals surface area contributed by atoms with Crippen LogP contribution in [0.4, 0.5) is 10.3 Å². The predicted molar refractivity (Wildman–Crippen MR) is 90.6 cm³/mol. The fourth-order valence-electron chi connectivity index (χ4n) is 2.29. The van der Waals surface area contributed by atoms with Gasteiger partial charge in [0.15, 0.2) is 10.3 Å². The van der Waals surface area contributed by atoms with Gasteiger partial charge in [-0.25, -0.2) is 9.97 Å². The van der Waals surface area contributed by atoms with Crippen molar-refractivity contribution in [2.24, 2.45) is 0 Å². The molecule has 0 bridgehead atoms. The van der Waals surface area contributed by atoms with Crippen molar-refractivity contribution in [2.45, 2.75) is 26.4 Å². The van der Waals surface area contributed by atoms with Crippen LogP contribution in [0.1, 0.15) is 18.7 Å². The Morgan fingerprint density at radius 3 is 2.48 bits per heavy atom. The molecule has 0 amide bonds. The van der Waals surface area contributed by atoms with Gasteiger partial charge in [-0.05, 0) is 0 Å². The van der Waals surface area contributed by atoms with Gasteiger partial charge >= 0.3 is 0 Å². The highest BCUT2D eigenvalue weighted by molar-refractivity contribution is 7.15. The van der Waals surface area contributed by atoms with E-state index < -0.39 is 0 Å². The fourth-order valence-corrected chi connectivity index (χ4v) is 3.90. The number of thiazole rings is 2. The summed E-state index contributed by atoms with van der Waals surface area (Å²) in [5.41, 5.74) is 0. The van der Waals surface area contributed by atoms with E-state index in [1.807, 2.05) is 17.8 Å². The van der Waals surface area contributed by atoms with E-state index in [1.165, 1.54) is 4.88 Å². The molecule has 2 aromatic heterocycles. The third-order valence-electron chi connectivity index (χ3n) is 3.47. The molecule has 1 saturated heterocycles. The average molecular weight is 323 g/mol. The van der Waals surface area contributed by atoms with Gasteiger partial charge < -0.3 is 15.1 Å². The molecule has 114 valence electrons. The molecule has 0 aromatic carbocycles. The summed E-state index contributed by atoms with van der Waals surface area (Å²) in [4.78, 5) is 15.0. The van der Waals surface area contributed by atoms with Gasteiger partial charge in [0.05, 0.1) is 0 Å². The third kappa shape index (κ3) is 3.72. The van der Waals surface area contributed by atoms with Gasteiger partial charge in [-0.15, -0.1) is 22.7 Å². The van der Waals surface area contributed by atoms with Crippen molar-refractivity contribution in [3.63, 3.8) is 0 Å². The lowest BCUT2D eigenvalue weighted by atomic mass is 10.3. The first-order valence-corrected chi connectivity index (χ1v) is 8.99. The Labute approximate surface area is 133 Å². The Morgan fingerprint density at radius 2 is 1.86 bits per heavy atom. The van der Waals surface area contributed by atoms with E-state index in [4.69, 9.17) is 0 Å². The quantitative estimate of drug-likeness (QED) is 0.915. The average Bonchev–Trinajstić information content (AvgIpc) is 3.17. The normalized spacial score (nSPS) is 16.0. The van der Waals surface area contributed by atoms with Crippen LogP contribution in [-0.2, 0) is 6.54 Å². The summed E-state index contributed by atoms with van der Waals surface area (Å²) in [6, 6.07) is 0.511. The van der Waals surface area contributed by atoms with E-state index in [1.54, 1.807) is 22.7 Å². The minimum Gasteiger partial charge on any atom is -0.345 e. The molecule has 0 atom stereocenters. The number of nitrogens with one attached hydrogen (secondary N) is 1. The Morgan fingerprint density at radius 1 is 1.14 bits per heavy atom. The molecular formula is C14H21N5S2. The van der Waals surface area contributed by atoms with E-state index in [2.05, 4.69) is 38.9 Å². The van der Waals surface area contributed by atoms with Crippen molar-refractivity contribution in [2.75, 3.05) is 36.0 Å². The summed E-state index contributed by atoms with van der Waals surface area (Å²) in [7, 11) is 0. The maximum Gasteiger partial charge on any atom is 0.185 e. The van der Waals surface area contributed by atoms with Gasteiger partial charge in [-0.2, -0.15) is 0 Å². The van der Waals surface area contributed by atoms with Gasteiger partial charge in [-0.3, -0.25) is 0 Å². The van der Waals surface area contributed by atoms with Crippen molar-refractivity contribution in [3.8, 4) is 0 Å². The number of piperazine rings is 1. The summed E-state index contributed by atoms with van der Waals surface area (Å²) in [6.07, 6.45) is 3.88. The first-order valence-electron chi connectivity index (χ1n) is 7.30. The molecule has 1 aliphatic rings. The zero-order valence-corrected chi connectivity index (χ0v) is 14.1. The van der Waals surface area contributed by atoms with E-state index in [0.717, 1.165) is 43.0 Å². The van der Waals surface area contributed by atoms with E-state index in [-0.39, 0.29) is 0 Å². The third-order valence-corrected chi connectivity index (χ3v) is 5.36. The van der Waals surface area contributed by atoms with Crippen molar-refractivity contribution in [1.29, 1.82) is 0 Å². The van der Waals surface area contributed by atoms with Crippen LogP contribution in [0, 0.1) is 0 Å². The van der Waals surface area contributed by atoms with Gasteiger partial charge in [-0.1, -0.05) is 13.8 Å². The lowest BCUT2D eigenvalue weighted by molar-refractivity contribution is 0.593. The standard InChI is InChI=1S/C14H21N5S2/c1-11(2)16-9-12-10-17-14(21-12)19-6-4-18(5-7-19)13-15-3-8-20-13/h3,8,10-11,16H,4-7,9H2,1-2H3. The molecular weight excluding hydrogens is 302 g/mol. The largest absolute Gasteiger partial charge is 0.345 e. The second-order valence-corrected chi connectivity index (χ2v) is 7.40. The maximum atomic E-state index is 4.58. The molecule has 0 unspecified atom stereocenters. The Hall–Kier alpha value is -1.18. The first kappa shape index (κ1) is 14.7. The van der Waals surface area contributed by atoms with Crippen molar-refractivity contribution in [1.82, 2.24) is 15.3 Å². The van der Waals surface area contributed by atoms with E-state index in [0.29, 0.717) is 6.04 Å². The molecule has 5 nitrogen and oxygen atoms in total. The zero-order valence-electron chi connectivity index (χ0n) is 12.5. The summed E-state index contributed by atoms with van der Waals surface area (Å²) in [5.74, 6) is 0. The number of nitrogens with zero attached hydrogens (tertiary/aromatic N) is 4. The highest BCUT2D eigenvalue weighted by Crippen LogP contribution is 2.25. The Bertz CT molecular complexity index is 543. The number of hydrogen-bond donors (Lipinski definition) is 1. The SMILES string of the molecule is CC(C)NCc1cnc(N2CCN(c3nccs3)CC2)s1. The molecule has 1 N–H and O–H groups in total. The van der Waals surface area contributed by atoms with Crippen LogP contribution in [0.2, 0.25) is 0 Å². The summed E-state index contributed by atoms with van der Waals surface area (Å²) < 4.78 is 0. The minimum absolute atomic E-state index is 0.511. The highest BCUT2D eigenvalue weighted by Gasteiger charge is 2.20. The second kappa shape index (κ2) is 6.72. The van der Waals surface area contributed by atoms with Crippen molar-refractivity contribution >= 4 is 32.9 Å². The number of rotatable bonds is 5. The smallest absolute Gasteiger partial charge is 0.185 e. The Balaban J connectivity index is 1.54. The van der Waals surface area contributed by atoms with E-state index in [9.17, 15) is 0 Å². The van der Waals surface area contributed by atoms with Gasteiger partial charge in [0.2, 0.25) is 0 Å². The topological polar surface area (TPSA) is 44.3 Å². The van der Waals surface area contributed by atoms with Crippen LogP contribution in [0.5, 0.6) is 0 Å². The van der Waals surface area contributed by atoms with Crippen LogP contribution in [0.15, 0.2) is 17.8 Å². The number of aromatic nitrogens is 2. The summed E-state index contributed by atoms with van der Waals surface area (Å²) >= 11 is 3.52. The van der Waals surface area contributed by atoms with Crippen LogP contribution in [0.25, 0.3) is 0 Å². The minimum atomic E-state index is 0.511.